The van der Waals surface area contributed by atoms with Crippen LogP contribution in [0.1, 0.15) is 18.7 Å². The zero-order valence-electron chi connectivity index (χ0n) is 17.4. The second kappa shape index (κ2) is 9.18. The number of carbonyl (C=O) groups excluding carboxylic acids is 1. The predicted molar refractivity (Wildman–Crippen MR) is 120 cm³/mol. The summed E-state index contributed by atoms with van der Waals surface area (Å²) in [6, 6.07) is 6.46. The zero-order valence-corrected chi connectivity index (χ0v) is 19.8. The molecule has 9 nitrogen and oxygen atoms in total. The highest BCUT2D eigenvalue weighted by Crippen LogP contribution is 2.32. The SMILES string of the molecule is COc1ccc(Cl)cc1NC(=O)[C@H]1CCCN(S(=O)(=O)c2cc(-c3noc(C)n3)cs2)C1. The molecule has 0 spiro atoms. The maximum atomic E-state index is 13.2. The number of hydrogen-bond acceptors (Lipinski definition) is 8. The van der Waals surface area contributed by atoms with E-state index in [9.17, 15) is 13.2 Å². The summed E-state index contributed by atoms with van der Waals surface area (Å²) in [5.74, 6) is 0.440. The molecule has 4 rings (SSSR count). The van der Waals surface area contributed by atoms with E-state index in [-0.39, 0.29) is 16.7 Å². The van der Waals surface area contributed by atoms with Crippen molar-refractivity contribution in [2.24, 2.45) is 5.92 Å². The monoisotopic (exact) mass is 496 g/mol. The van der Waals surface area contributed by atoms with E-state index in [2.05, 4.69) is 15.5 Å². The first kappa shape index (κ1) is 22.7. The molecule has 3 heterocycles. The summed E-state index contributed by atoms with van der Waals surface area (Å²) in [6.45, 7) is 2.10. The van der Waals surface area contributed by atoms with Gasteiger partial charge in [-0.3, -0.25) is 4.79 Å². The number of ether oxygens (including phenoxy) is 1. The number of rotatable bonds is 6. The van der Waals surface area contributed by atoms with E-state index in [0.717, 1.165) is 11.3 Å². The topological polar surface area (TPSA) is 115 Å². The Balaban J connectivity index is 1.49. The Morgan fingerprint density at radius 1 is 1.38 bits per heavy atom. The van der Waals surface area contributed by atoms with Crippen molar-refractivity contribution < 1.29 is 22.5 Å². The van der Waals surface area contributed by atoms with Crippen LogP contribution in [0.5, 0.6) is 5.75 Å². The normalized spacial score (nSPS) is 17.3. The van der Waals surface area contributed by atoms with Crippen LogP contribution in [0.4, 0.5) is 5.69 Å². The van der Waals surface area contributed by atoms with E-state index in [1.807, 2.05) is 0 Å². The molecular formula is C20H21ClN4O5S2. The molecule has 0 unspecified atom stereocenters. The van der Waals surface area contributed by atoms with Gasteiger partial charge in [0.2, 0.25) is 17.6 Å². The molecule has 2 aromatic heterocycles. The first-order valence-electron chi connectivity index (χ1n) is 9.81. The Bertz CT molecular complexity index is 1240. The summed E-state index contributed by atoms with van der Waals surface area (Å²) >= 11 is 7.12. The predicted octanol–water partition coefficient (Wildman–Crippen LogP) is 3.81. The summed E-state index contributed by atoms with van der Waals surface area (Å²) < 4.78 is 38.2. The van der Waals surface area contributed by atoms with Gasteiger partial charge in [0.1, 0.15) is 9.96 Å². The number of nitrogens with one attached hydrogen (secondary N) is 1. The number of sulfonamides is 1. The quantitative estimate of drug-likeness (QED) is 0.551. The van der Waals surface area contributed by atoms with Gasteiger partial charge < -0.3 is 14.6 Å². The minimum atomic E-state index is -3.76. The highest BCUT2D eigenvalue weighted by Gasteiger charge is 2.34. The largest absolute Gasteiger partial charge is 0.495 e. The van der Waals surface area contributed by atoms with E-state index in [1.165, 1.54) is 17.5 Å². The summed E-state index contributed by atoms with van der Waals surface area (Å²) in [4.78, 5) is 17.0. The number of carbonyl (C=O) groups is 1. The standard InChI is InChI=1S/C20H21ClN4O5S2/c1-12-22-19(24-30-12)14-8-18(31-11-14)32(27,28)25-7-3-4-13(10-25)20(26)23-16-9-15(21)5-6-17(16)29-2/h5-6,8-9,11,13H,3-4,7,10H2,1-2H3,(H,23,26)/t13-/m0/s1. The number of benzene rings is 1. The third-order valence-electron chi connectivity index (χ3n) is 5.13. The lowest BCUT2D eigenvalue weighted by Crippen LogP contribution is -2.43. The maximum absolute atomic E-state index is 13.2. The number of piperidine rings is 1. The van der Waals surface area contributed by atoms with E-state index >= 15 is 0 Å². The lowest BCUT2D eigenvalue weighted by molar-refractivity contribution is -0.120. The van der Waals surface area contributed by atoms with Gasteiger partial charge in [-0.25, -0.2) is 8.42 Å². The van der Waals surface area contributed by atoms with Crippen LogP contribution in [0.3, 0.4) is 0 Å². The molecule has 1 amide bonds. The van der Waals surface area contributed by atoms with E-state index in [0.29, 0.717) is 53.1 Å². The summed E-state index contributed by atoms with van der Waals surface area (Å²) in [5, 5.41) is 8.78. The van der Waals surface area contributed by atoms with Crippen molar-refractivity contribution in [1.82, 2.24) is 14.4 Å². The number of nitrogens with zero attached hydrogens (tertiary/aromatic N) is 3. The second-order valence-electron chi connectivity index (χ2n) is 7.33. The molecule has 0 radical (unpaired) electrons. The van der Waals surface area contributed by atoms with Crippen molar-refractivity contribution in [2.75, 3.05) is 25.5 Å². The minimum Gasteiger partial charge on any atom is -0.495 e. The van der Waals surface area contributed by atoms with Gasteiger partial charge in [-0.05, 0) is 37.1 Å². The number of halogens is 1. The molecule has 1 fully saturated rings. The molecule has 0 bridgehead atoms. The summed E-state index contributed by atoms with van der Waals surface area (Å²) in [7, 11) is -2.26. The van der Waals surface area contributed by atoms with Gasteiger partial charge in [-0.2, -0.15) is 9.29 Å². The maximum Gasteiger partial charge on any atom is 0.252 e. The summed E-state index contributed by atoms with van der Waals surface area (Å²) in [5.41, 5.74) is 1.02. The third kappa shape index (κ3) is 4.65. The van der Waals surface area contributed by atoms with Crippen LogP contribution in [0.25, 0.3) is 11.4 Å². The van der Waals surface area contributed by atoms with Gasteiger partial charge in [0.25, 0.3) is 10.0 Å². The van der Waals surface area contributed by atoms with Gasteiger partial charge in [0.15, 0.2) is 0 Å². The van der Waals surface area contributed by atoms with Crippen LogP contribution < -0.4 is 10.1 Å². The lowest BCUT2D eigenvalue weighted by Gasteiger charge is -2.30. The Morgan fingerprint density at radius 3 is 2.91 bits per heavy atom. The summed E-state index contributed by atoms with van der Waals surface area (Å²) in [6.07, 6.45) is 1.16. The number of amides is 1. The molecule has 170 valence electrons. The molecule has 0 aliphatic carbocycles. The first-order valence-corrected chi connectivity index (χ1v) is 12.5. The third-order valence-corrected chi connectivity index (χ3v) is 8.65. The Hall–Kier alpha value is -2.47. The number of thiophene rings is 1. The average Bonchev–Trinajstić information content (AvgIpc) is 3.43. The molecule has 1 aliphatic heterocycles. The van der Waals surface area contributed by atoms with E-state index in [4.69, 9.17) is 20.9 Å². The van der Waals surface area contributed by atoms with Crippen LogP contribution in [-0.4, -0.2) is 49.0 Å². The molecule has 0 saturated carbocycles. The number of anilines is 1. The van der Waals surface area contributed by atoms with Gasteiger partial charge in [-0.1, -0.05) is 16.8 Å². The Morgan fingerprint density at radius 2 is 2.19 bits per heavy atom. The molecule has 3 aromatic rings. The van der Waals surface area contributed by atoms with Gasteiger partial charge in [-0.15, -0.1) is 11.3 Å². The van der Waals surface area contributed by atoms with Crippen LogP contribution in [0.2, 0.25) is 5.02 Å². The van der Waals surface area contributed by atoms with Gasteiger partial charge in [0.05, 0.1) is 18.7 Å². The highest BCUT2D eigenvalue weighted by molar-refractivity contribution is 7.91. The zero-order chi connectivity index (χ0) is 22.9. The highest BCUT2D eigenvalue weighted by atomic mass is 35.5. The van der Waals surface area contributed by atoms with Crippen molar-refractivity contribution >= 4 is 44.6 Å². The number of hydrogen-bond donors (Lipinski definition) is 1. The van der Waals surface area contributed by atoms with Crippen molar-refractivity contribution in [2.45, 2.75) is 24.0 Å². The fourth-order valence-electron chi connectivity index (χ4n) is 3.50. The Kier molecular flexibility index (Phi) is 6.52. The Labute approximate surface area is 194 Å². The second-order valence-corrected chi connectivity index (χ2v) is 10.8. The fraction of sp³-hybridized carbons (Fsp3) is 0.350. The molecule has 1 aliphatic rings. The van der Waals surface area contributed by atoms with Crippen molar-refractivity contribution in [3.05, 3.63) is 40.6 Å². The molecule has 12 heteroatoms. The minimum absolute atomic E-state index is 0.0889. The number of aryl methyl sites for hydroxylation is 1. The van der Waals surface area contributed by atoms with Crippen molar-refractivity contribution in [1.29, 1.82) is 0 Å². The van der Waals surface area contributed by atoms with Crippen LogP contribution >= 0.6 is 22.9 Å². The molecule has 32 heavy (non-hydrogen) atoms. The molecular weight excluding hydrogens is 476 g/mol. The van der Waals surface area contributed by atoms with Crippen LogP contribution in [0.15, 0.2) is 38.4 Å². The van der Waals surface area contributed by atoms with Crippen LogP contribution in [0, 0.1) is 12.8 Å². The fourth-order valence-corrected chi connectivity index (χ4v) is 6.51. The molecule has 1 N–H and O–H groups in total. The molecule has 1 aromatic carbocycles. The van der Waals surface area contributed by atoms with Gasteiger partial charge >= 0.3 is 0 Å². The smallest absolute Gasteiger partial charge is 0.252 e. The van der Waals surface area contributed by atoms with E-state index < -0.39 is 15.9 Å². The van der Waals surface area contributed by atoms with Crippen LogP contribution in [-0.2, 0) is 14.8 Å². The van der Waals surface area contributed by atoms with Gasteiger partial charge in [0, 0.05) is 36.0 Å². The first-order chi connectivity index (χ1) is 15.3. The number of aromatic nitrogens is 2. The molecule has 1 saturated heterocycles. The van der Waals surface area contributed by atoms with Crippen molar-refractivity contribution in [3.8, 4) is 17.1 Å². The van der Waals surface area contributed by atoms with E-state index in [1.54, 1.807) is 30.5 Å². The number of methoxy groups -OCH3 is 1. The van der Waals surface area contributed by atoms with Crippen molar-refractivity contribution in [3.63, 3.8) is 0 Å². The molecule has 1 atom stereocenters. The lowest BCUT2D eigenvalue weighted by atomic mass is 9.98. The average molecular weight is 497 g/mol.